The van der Waals surface area contributed by atoms with Gasteiger partial charge in [-0.05, 0) is 23.7 Å². The first kappa shape index (κ1) is 11.5. The summed E-state index contributed by atoms with van der Waals surface area (Å²) in [5.41, 5.74) is 0. The van der Waals surface area contributed by atoms with Crippen LogP contribution >= 0.6 is 0 Å². The van der Waals surface area contributed by atoms with Crippen molar-refractivity contribution >= 4 is 0 Å². The topological polar surface area (TPSA) is 0 Å². The van der Waals surface area contributed by atoms with E-state index in [4.69, 9.17) is 0 Å². The summed E-state index contributed by atoms with van der Waals surface area (Å²) >= 11 is 0. The van der Waals surface area contributed by atoms with Crippen LogP contribution in [0.25, 0.3) is 0 Å². The molecule has 2 atom stereocenters. The summed E-state index contributed by atoms with van der Waals surface area (Å²) in [5, 5.41) is 0. The predicted octanol–water partition coefficient (Wildman–Crippen LogP) is 3.90. The molecule has 0 nitrogen and oxygen atoms in total. The van der Waals surface area contributed by atoms with Crippen molar-refractivity contribution in [2.45, 2.75) is 27.7 Å². The summed E-state index contributed by atoms with van der Waals surface area (Å²) in [4.78, 5) is 0. The van der Waals surface area contributed by atoms with Gasteiger partial charge in [0, 0.05) is 0 Å². The van der Waals surface area contributed by atoms with E-state index in [-0.39, 0.29) is 0 Å². The zero-order chi connectivity index (χ0) is 9.72. The molecule has 0 spiro atoms. The van der Waals surface area contributed by atoms with E-state index in [9.17, 15) is 0 Å². The molecule has 70 valence electrons. The first-order valence-corrected chi connectivity index (χ1v) is 4.79. The summed E-state index contributed by atoms with van der Waals surface area (Å²) in [6, 6.07) is 0. The molecule has 2 unspecified atom stereocenters. The van der Waals surface area contributed by atoms with Crippen molar-refractivity contribution in [3.05, 3.63) is 25.3 Å². The van der Waals surface area contributed by atoms with Gasteiger partial charge in [0.05, 0.1) is 0 Å². The van der Waals surface area contributed by atoms with Crippen LogP contribution in [0.15, 0.2) is 25.3 Å². The summed E-state index contributed by atoms with van der Waals surface area (Å²) < 4.78 is 0. The van der Waals surface area contributed by atoms with Crippen molar-refractivity contribution in [3.63, 3.8) is 0 Å². The number of hydrogen-bond acceptors (Lipinski definition) is 0. The van der Waals surface area contributed by atoms with E-state index in [1.165, 1.54) is 0 Å². The van der Waals surface area contributed by atoms with Crippen molar-refractivity contribution in [3.8, 4) is 0 Å². The molecular weight excluding hydrogens is 144 g/mol. The molecule has 0 amide bonds. The summed E-state index contributed by atoms with van der Waals surface area (Å²) in [6.45, 7) is 16.7. The van der Waals surface area contributed by atoms with Crippen molar-refractivity contribution in [2.75, 3.05) is 0 Å². The van der Waals surface area contributed by atoms with Crippen molar-refractivity contribution in [2.24, 2.45) is 23.7 Å². The van der Waals surface area contributed by atoms with Crippen molar-refractivity contribution in [1.82, 2.24) is 0 Å². The minimum Gasteiger partial charge on any atom is -0.103 e. The normalized spacial score (nSPS) is 16.2. The fourth-order valence-corrected chi connectivity index (χ4v) is 1.75. The Morgan fingerprint density at radius 1 is 0.750 bits per heavy atom. The average Bonchev–Trinajstić information content (AvgIpc) is 1.98. The maximum atomic E-state index is 3.89. The lowest BCUT2D eigenvalue weighted by Crippen LogP contribution is -2.20. The van der Waals surface area contributed by atoms with E-state index in [1.807, 2.05) is 0 Å². The van der Waals surface area contributed by atoms with Crippen LogP contribution in [0.3, 0.4) is 0 Å². The van der Waals surface area contributed by atoms with Gasteiger partial charge in [-0.25, -0.2) is 0 Å². The fraction of sp³-hybridized carbons (Fsp3) is 0.667. The molecule has 12 heavy (non-hydrogen) atoms. The monoisotopic (exact) mass is 166 g/mol. The smallest absolute Gasteiger partial charge is 0.0148 e. The molecule has 0 aromatic heterocycles. The van der Waals surface area contributed by atoms with Gasteiger partial charge in [-0.1, -0.05) is 39.8 Å². The lowest BCUT2D eigenvalue weighted by molar-refractivity contribution is 0.296. The van der Waals surface area contributed by atoms with E-state index in [0.29, 0.717) is 23.7 Å². The molecule has 0 saturated carbocycles. The van der Waals surface area contributed by atoms with Crippen LogP contribution in [-0.4, -0.2) is 0 Å². The van der Waals surface area contributed by atoms with Crippen LogP contribution in [0, 0.1) is 23.7 Å². The first-order valence-electron chi connectivity index (χ1n) is 4.79. The Labute approximate surface area is 77.4 Å². The molecule has 0 fully saturated rings. The molecule has 0 heterocycles. The minimum atomic E-state index is 0.572. The van der Waals surface area contributed by atoms with E-state index >= 15 is 0 Å². The van der Waals surface area contributed by atoms with Crippen LogP contribution in [0.1, 0.15) is 27.7 Å². The van der Waals surface area contributed by atoms with Crippen LogP contribution in [0.5, 0.6) is 0 Å². The molecule has 0 aliphatic carbocycles. The summed E-state index contributed by atoms with van der Waals surface area (Å²) in [6.07, 6.45) is 4.13. The van der Waals surface area contributed by atoms with E-state index < -0.39 is 0 Å². The molecule has 0 rings (SSSR count). The molecule has 0 saturated heterocycles. The van der Waals surface area contributed by atoms with Crippen LogP contribution in [0.4, 0.5) is 0 Å². The largest absolute Gasteiger partial charge is 0.103 e. The van der Waals surface area contributed by atoms with E-state index in [2.05, 4.69) is 53.0 Å². The average molecular weight is 166 g/mol. The summed E-state index contributed by atoms with van der Waals surface area (Å²) in [7, 11) is 0. The predicted molar refractivity (Wildman–Crippen MR) is 57.1 cm³/mol. The Balaban J connectivity index is 4.43. The second-order valence-corrected chi connectivity index (χ2v) is 4.11. The van der Waals surface area contributed by atoms with Gasteiger partial charge in [-0.15, -0.1) is 13.2 Å². The maximum Gasteiger partial charge on any atom is -0.0148 e. The number of rotatable bonds is 5. The second-order valence-electron chi connectivity index (χ2n) is 4.11. The number of allylic oxidation sites excluding steroid dienone is 2. The lowest BCUT2D eigenvalue weighted by atomic mass is 9.77. The highest BCUT2D eigenvalue weighted by Crippen LogP contribution is 2.28. The Morgan fingerprint density at radius 3 is 1.08 bits per heavy atom. The zero-order valence-corrected chi connectivity index (χ0v) is 8.88. The van der Waals surface area contributed by atoms with Crippen LogP contribution < -0.4 is 0 Å². The SMILES string of the molecule is C=CC(C(C)C)C(C=C)C(C)C. The fourth-order valence-electron chi connectivity index (χ4n) is 1.75. The van der Waals surface area contributed by atoms with Crippen LogP contribution in [-0.2, 0) is 0 Å². The molecule has 0 heteroatoms. The quantitative estimate of drug-likeness (QED) is 0.543. The minimum absolute atomic E-state index is 0.572. The van der Waals surface area contributed by atoms with Gasteiger partial charge < -0.3 is 0 Å². The van der Waals surface area contributed by atoms with Crippen molar-refractivity contribution < 1.29 is 0 Å². The maximum absolute atomic E-state index is 3.89. The van der Waals surface area contributed by atoms with Gasteiger partial charge in [0.25, 0.3) is 0 Å². The molecule has 0 N–H and O–H groups in total. The molecule has 0 aliphatic heterocycles. The molecule has 0 aliphatic rings. The van der Waals surface area contributed by atoms with E-state index in [1.54, 1.807) is 0 Å². The highest BCUT2D eigenvalue weighted by Gasteiger charge is 2.21. The zero-order valence-electron chi connectivity index (χ0n) is 8.88. The Kier molecular flexibility index (Phi) is 4.96. The van der Waals surface area contributed by atoms with Gasteiger partial charge in [0.15, 0.2) is 0 Å². The third kappa shape index (κ3) is 2.84. The highest BCUT2D eigenvalue weighted by molar-refractivity contribution is 4.95. The second kappa shape index (κ2) is 5.18. The van der Waals surface area contributed by atoms with Crippen molar-refractivity contribution in [1.29, 1.82) is 0 Å². The molecule has 0 aromatic rings. The molecule has 0 aromatic carbocycles. The van der Waals surface area contributed by atoms with Gasteiger partial charge >= 0.3 is 0 Å². The third-order valence-corrected chi connectivity index (χ3v) is 2.53. The van der Waals surface area contributed by atoms with Crippen LogP contribution in [0.2, 0.25) is 0 Å². The Hall–Kier alpha value is -0.520. The first-order chi connectivity index (χ1) is 5.54. The molecule has 0 radical (unpaired) electrons. The third-order valence-electron chi connectivity index (χ3n) is 2.53. The molecule has 0 bridgehead atoms. The number of hydrogen-bond donors (Lipinski definition) is 0. The summed E-state index contributed by atoms with van der Waals surface area (Å²) in [5.74, 6) is 2.46. The highest BCUT2D eigenvalue weighted by atomic mass is 14.3. The molecular formula is C12H22. The van der Waals surface area contributed by atoms with Gasteiger partial charge in [0.2, 0.25) is 0 Å². The van der Waals surface area contributed by atoms with Gasteiger partial charge in [0.1, 0.15) is 0 Å². The van der Waals surface area contributed by atoms with E-state index in [0.717, 1.165) is 0 Å². The van der Waals surface area contributed by atoms with Gasteiger partial charge in [-0.3, -0.25) is 0 Å². The standard InChI is InChI=1S/C12H22/c1-7-11(9(3)4)12(8-2)10(5)6/h7-12H,1-2H2,3-6H3. The van der Waals surface area contributed by atoms with Gasteiger partial charge in [-0.2, -0.15) is 0 Å². The Morgan fingerprint density at radius 2 is 1.00 bits per heavy atom. The lowest BCUT2D eigenvalue weighted by Gasteiger charge is -2.27. The Bertz CT molecular complexity index is 124.